The maximum absolute atomic E-state index is 12.7. The van der Waals surface area contributed by atoms with Crippen molar-refractivity contribution in [2.24, 2.45) is 7.05 Å². The molecule has 4 rings (SSSR count). The van der Waals surface area contributed by atoms with E-state index >= 15 is 0 Å². The molecule has 0 radical (unpaired) electrons. The number of hydrogen-bond donors (Lipinski definition) is 0. The van der Waals surface area contributed by atoms with Crippen LogP contribution in [0.1, 0.15) is 53.7 Å². The lowest BCUT2D eigenvalue weighted by Crippen LogP contribution is -2.38. The number of likely N-dealkylation sites (tertiary alicyclic amines) is 2. The van der Waals surface area contributed by atoms with E-state index < -0.39 is 0 Å². The number of furan rings is 1. The third-order valence-corrected chi connectivity index (χ3v) is 5.46. The van der Waals surface area contributed by atoms with Crippen LogP contribution >= 0.6 is 0 Å². The first-order valence-corrected chi connectivity index (χ1v) is 9.28. The highest BCUT2D eigenvalue weighted by Crippen LogP contribution is 2.27. The lowest BCUT2D eigenvalue weighted by molar-refractivity contribution is 0.0675. The maximum Gasteiger partial charge on any atom is 0.289 e. The van der Waals surface area contributed by atoms with Crippen LogP contribution in [0.2, 0.25) is 0 Å². The number of hydrogen-bond acceptors (Lipinski definition) is 4. The number of nitrogens with zero attached hydrogens (tertiary/aromatic N) is 4. The molecule has 6 heteroatoms. The standard InChI is InChI=1S/C19H26N4O2/c1-21-13-8-20-18(21)15-6-11-23(12-7-15)19(24)17-5-4-16(25-17)14-22-9-2-3-10-22/h4-5,8,13,15H,2-3,6-7,9-12,14H2,1H3. The Hall–Kier alpha value is -2.08. The summed E-state index contributed by atoms with van der Waals surface area (Å²) < 4.78 is 7.91. The summed E-state index contributed by atoms with van der Waals surface area (Å²) in [5.74, 6) is 2.95. The van der Waals surface area contributed by atoms with Crippen LogP contribution in [-0.4, -0.2) is 51.4 Å². The molecule has 0 saturated carbocycles. The number of carbonyl (C=O) groups is 1. The molecule has 2 aliphatic heterocycles. The van der Waals surface area contributed by atoms with Crippen molar-refractivity contribution in [3.05, 3.63) is 41.9 Å². The highest BCUT2D eigenvalue weighted by atomic mass is 16.4. The van der Waals surface area contributed by atoms with Crippen LogP contribution in [0.15, 0.2) is 28.9 Å². The third-order valence-electron chi connectivity index (χ3n) is 5.46. The van der Waals surface area contributed by atoms with Crippen LogP contribution in [0, 0.1) is 0 Å². The van der Waals surface area contributed by atoms with Gasteiger partial charge in [-0.3, -0.25) is 9.69 Å². The Bertz CT molecular complexity index is 721. The lowest BCUT2D eigenvalue weighted by atomic mass is 9.96. The smallest absolute Gasteiger partial charge is 0.289 e. The van der Waals surface area contributed by atoms with Gasteiger partial charge in [-0.15, -0.1) is 0 Å². The topological polar surface area (TPSA) is 54.5 Å². The van der Waals surface area contributed by atoms with E-state index in [1.54, 1.807) is 0 Å². The van der Waals surface area contributed by atoms with Crippen LogP contribution in [0.3, 0.4) is 0 Å². The van der Waals surface area contributed by atoms with Gasteiger partial charge in [-0.1, -0.05) is 0 Å². The second-order valence-corrected chi connectivity index (χ2v) is 7.21. The number of amides is 1. The Morgan fingerprint density at radius 2 is 1.96 bits per heavy atom. The number of aryl methyl sites for hydroxylation is 1. The van der Waals surface area contributed by atoms with Crippen LogP contribution < -0.4 is 0 Å². The van der Waals surface area contributed by atoms with Crippen molar-refractivity contribution in [2.75, 3.05) is 26.2 Å². The largest absolute Gasteiger partial charge is 0.455 e. The SMILES string of the molecule is Cn1ccnc1C1CCN(C(=O)c2ccc(CN3CCCC3)o2)CC1. The van der Waals surface area contributed by atoms with Gasteiger partial charge >= 0.3 is 0 Å². The van der Waals surface area contributed by atoms with E-state index in [9.17, 15) is 4.79 Å². The molecule has 4 heterocycles. The highest BCUT2D eigenvalue weighted by molar-refractivity contribution is 5.91. The minimum absolute atomic E-state index is 0.0194. The molecule has 6 nitrogen and oxygen atoms in total. The fourth-order valence-electron chi connectivity index (χ4n) is 4.01. The summed E-state index contributed by atoms with van der Waals surface area (Å²) in [6, 6.07) is 3.78. The monoisotopic (exact) mass is 342 g/mol. The fourth-order valence-corrected chi connectivity index (χ4v) is 4.01. The molecule has 0 bridgehead atoms. The summed E-state index contributed by atoms with van der Waals surface area (Å²) in [5.41, 5.74) is 0. The molecule has 2 saturated heterocycles. The van der Waals surface area contributed by atoms with Gasteiger partial charge in [-0.2, -0.15) is 0 Å². The van der Waals surface area contributed by atoms with Crippen LogP contribution in [0.4, 0.5) is 0 Å². The number of imidazole rings is 1. The van der Waals surface area contributed by atoms with E-state index in [1.165, 1.54) is 12.8 Å². The summed E-state index contributed by atoms with van der Waals surface area (Å²) in [6.07, 6.45) is 8.26. The zero-order valence-electron chi connectivity index (χ0n) is 14.9. The van der Waals surface area contributed by atoms with Gasteiger partial charge in [-0.05, 0) is 50.9 Å². The van der Waals surface area contributed by atoms with Gasteiger partial charge in [0, 0.05) is 38.4 Å². The van der Waals surface area contributed by atoms with E-state index in [1.807, 2.05) is 36.5 Å². The number of carbonyl (C=O) groups excluding carboxylic acids is 1. The second kappa shape index (κ2) is 7.04. The van der Waals surface area contributed by atoms with Gasteiger partial charge < -0.3 is 13.9 Å². The molecule has 2 aromatic rings. The Labute approximate surface area is 148 Å². The molecule has 2 fully saturated rings. The van der Waals surface area contributed by atoms with Crippen LogP contribution in [0.5, 0.6) is 0 Å². The first kappa shape index (κ1) is 16.4. The van der Waals surface area contributed by atoms with E-state index in [0.29, 0.717) is 11.7 Å². The van der Waals surface area contributed by atoms with Gasteiger partial charge in [0.2, 0.25) is 0 Å². The van der Waals surface area contributed by atoms with Crippen LogP contribution in [0.25, 0.3) is 0 Å². The van der Waals surface area contributed by atoms with E-state index in [0.717, 1.165) is 57.2 Å². The van der Waals surface area contributed by atoms with E-state index in [-0.39, 0.29) is 5.91 Å². The highest BCUT2D eigenvalue weighted by Gasteiger charge is 2.28. The quantitative estimate of drug-likeness (QED) is 0.857. The first-order valence-electron chi connectivity index (χ1n) is 9.28. The summed E-state index contributed by atoms with van der Waals surface area (Å²) in [6.45, 7) is 4.60. The van der Waals surface area contributed by atoms with Gasteiger partial charge in [-0.25, -0.2) is 4.98 Å². The summed E-state index contributed by atoms with van der Waals surface area (Å²) in [4.78, 5) is 21.5. The molecule has 25 heavy (non-hydrogen) atoms. The molecule has 0 spiro atoms. The minimum atomic E-state index is 0.0194. The Morgan fingerprint density at radius 1 is 1.20 bits per heavy atom. The molecule has 2 aromatic heterocycles. The number of piperidine rings is 1. The van der Waals surface area contributed by atoms with Crippen molar-refractivity contribution in [1.82, 2.24) is 19.4 Å². The van der Waals surface area contributed by atoms with Gasteiger partial charge in [0.15, 0.2) is 5.76 Å². The Morgan fingerprint density at radius 3 is 2.64 bits per heavy atom. The minimum Gasteiger partial charge on any atom is -0.455 e. The first-order chi connectivity index (χ1) is 12.2. The van der Waals surface area contributed by atoms with Crippen molar-refractivity contribution in [1.29, 1.82) is 0 Å². The molecule has 0 aliphatic carbocycles. The molecule has 0 N–H and O–H groups in total. The van der Waals surface area contributed by atoms with Crippen LogP contribution in [-0.2, 0) is 13.6 Å². The van der Waals surface area contributed by atoms with Crippen molar-refractivity contribution in [2.45, 2.75) is 38.1 Å². The molecular weight excluding hydrogens is 316 g/mol. The molecular formula is C19H26N4O2. The van der Waals surface area contributed by atoms with Gasteiger partial charge in [0.25, 0.3) is 5.91 Å². The lowest BCUT2D eigenvalue weighted by Gasteiger charge is -2.31. The van der Waals surface area contributed by atoms with Crippen molar-refractivity contribution >= 4 is 5.91 Å². The molecule has 0 atom stereocenters. The molecule has 134 valence electrons. The zero-order chi connectivity index (χ0) is 17.2. The Kier molecular flexibility index (Phi) is 4.61. The fraction of sp³-hybridized carbons (Fsp3) is 0.579. The zero-order valence-corrected chi connectivity index (χ0v) is 14.9. The second-order valence-electron chi connectivity index (χ2n) is 7.21. The van der Waals surface area contributed by atoms with Gasteiger partial charge in [0.1, 0.15) is 11.6 Å². The summed E-state index contributed by atoms with van der Waals surface area (Å²) in [5, 5.41) is 0. The predicted molar refractivity (Wildman–Crippen MR) is 94.3 cm³/mol. The molecule has 2 aliphatic rings. The van der Waals surface area contributed by atoms with Crippen molar-refractivity contribution in [3.8, 4) is 0 Å². The Balaban J connectivity index is 1.34. The number of rotatable bonds is 4. The maximum atomic E-state index is 12.7. The summed E-state index contributed by atoms with van der Waals surface area (Å²) in [7, 11) is 2.03. The van der Waals surface area contributed by atoms with Crippen molar-refractivity contribution < 1.29 is 9.21 Å². The summed E-state index contributed by atoms with van der Waals surface area (Å²) >= 11 is 0. The number of aromatic nitrogens is 2. The molecule has 0 aromatic carbocycles. The van der Waals surface area contributed by atoms with Crippen molar-refractivity contribution in [3.63, 3.8) is 0 Å². The van der Waals surface area contributed by atoms with E-state index in [2.05, 4.69) is 14.5 Å². The van der Waals surface area contributed by atoms with E-state index in [4.69, 9.17) is 4.42 Å². The van der Waals surface area contributed by atoms with Gasteiger partial charge in [0.05, 0.1) is 6.54 Å². The molecule has 0 unspecified atom stereocenters. The normalized spacial score (nSPS) is 19.6. The predicted octanol–water partition coefficient (Wildman–Crippen LogP) is 2.63. The average Bonchev–Trinajstić information content (AvgIpc) is 3.37. The molecule has 1 amide bonds. The average molecular weight is 342 g/mol. The third kappa shape index (κ3) is 3.49.